The fourth-order valence-corrected chi connectivity index (χ4v) is 2.10. The van der Waals surface area contributed by atoms with Gasteiger partial charge in [-0.15, -0.1) is 0 Å². The van der Waals surface area contributed by atoms with Crippen LogP contribution in [0.5, 0.6) is 11.5 Å². The predicted octanol–water partition coefficient (Wildman–Crippen LogP) is 4.40. The predicted molar refractivity (Wildman–Crippen MR) is 91.2 cm³/mol. The number of ether oxygens (including phenoxy) is 3. The molecular formula is C19H24O4. The number of methoxy groups -OCH3 is 2. The second-order valence-electron chi connectivity index (χ2n) is 4.54. The van der Waals surface area contributed by atoms with Crippen LogP contribution in [0.2, 0.25) is 0 Å². The van der Waals surface area contributed by atoms with Crippen molar-refractivity contribution in [3.05, 3.63) is 59.2 Å². The number of rotatable bonds is 5. The molecule has 0 spiro atoms. The van der Waals surface area contributed by atoms with Crippen molar-refractivity contribution in [1.82, 2.24) is 0 Å². The van der Waals surface area contributed by atoms with Crippen LogP contribution in [0.3, 0.4) is 0 Å². The number of carbonyl (C=O) groups excluding carboxylic acids is 1. The van der Waals surface area contributed by atoms with Crippen LogP contribution in [0.4, 0.5) is 0 Å². The number of carbonyl (C=O) groups is 1. The van der Waals surface area contributed by atoms with Crippen LogP contribution in [0.1, 0.15) is 35.3 Å². The molecule has 0 atom stereocenters. The van der Waals surface area contributed by atoms with E-state index < -0.39 is 0 Å². The van der Waals surface area contributed by atoms with Gasteiger partial charge in [0.2, 0.25) is 0 Å². The fourth-order valence-electron chi connectivity index (χ4n) is 2.10. The van der Waals surface area contributed by atoms with E-state index in [1.165, 1.54) is 7.11 Å². The van der Waals surface area contributed by atoms with E-state index >= 15 is 0 Å². The average Bonchev–Trinajstić information content (AvgIpc) is 2.62. The molecule has 23 heavy (non-hydrogen) atoms. The van der Waals surface area contributed by atoms with Crippen molar-refractivity contribution in [1.29, 1.82) is 0 Å². The number of benzene rings is 2. The third-order valence-corrected chi connectivity index (χ3v) is 3.22. The molecule has 0 amide bonds. The Bertz CT molecular complexity index is 621. The Morgan fingerprint density at radius 1 is 1.00 bits per heavy atom. The molecule has 0 heterocycles. The highest BCUT2D eigenvalue weighted by Gasteiger charge is 2.17. The summed E-state index contributed by atoms with van der Waals surface area (Å²) in [6, 6.07) is 13.3. The molecule has 0 radical (unpaired) electrons. The summed E-state index contributed by atoms with van der Waals surface area (Å²) >= 11 is 0. The number of hydrogen-bond acceptors (Lipinski definition) is 4. The summed E-state index contributed by atoms with van der Waals surface area (Å²) in [5.41, 5.74) is 2.24. The van der Waals surface area contributed by atoms with Crippen molar-refractivity contribution < 1.29 is 19.0 Å². The van der Waals surface area contributed by atoms with Crippen LogP contribution >= 0.6 is 0 Å². The van der Waals surface area contributed by atoms with Crippen LogP contribution in [0.25, 0.3) is 0 Å². The molecule has 0 aliphatic carbocycles. The zero-order valence-corrected chi connectivity index (χ0v) is 14.4. The van der Waals surface area contributed by atoms with E-state index in [2.05, 4.69) is 0 Å². The SMILES string of the molecule is CC.COC(=O)c1ccc(OCc2ccccc2)c(OC)c1C. The standard InChI is InChI=1S/C17H18O4.C2H6/c1-12-14(17(18)20-3)9-10-15(16(12)19-2)21-11-13-7-5-4-6-8-13;1-2/h4-10H,11H2,1-3H3;1-2H3. The van der Waals surface area contributed by atoms with Crippen molar-refractivity contribution in [3.8, 4) is 11.5 Å². The Kier molecular flexibility index (Phi) is 7.67. The average molecular weight is 316 g/mol. The Balaban J connectivity index is 0.00000127. The molecule has 0 N–H and O–H groups in total. The van der Waals surface area contributed by atoms with Gasteiger partial charge in [-0.25, -0.2) is 4.79 Å². The summed E-state index contributed by atoms with van der Waals surface area (Å²) in [5, 5.41) is 0. The van der Waals surface area contributed by atoms with Crippen molar-refractivity contribution in [2.45, 2.75) is 27.4 Å². The first kappa shape index (κ1) is 18.6. The highest BCUT2D eigenvalue weighted by molar-refractivity contribution is 5.92. The van der Waals surface area contributed by atoms with Crippen LogP contribution < -0.4 is 9.47 Å². The Morgan fingerprint density at radius 3 is 2.22 bits per heavy atom. The molecule has 0 fully saturated rings. The molecule has 4 heteroatoms. The molecule has 0 aliphatic rings. The summed E-state index contributed by atoms with van der Waals surface area (Å²) in [7, 11) is 2.91. The first-order valence-electron chi connectivity index (χ1n) is 7.60. The molecule has 4 nitrogen and oxygen atoms in total. The highest BCUT2D eigenvalue weighted by Crippen LogP contribution is 2.33. The van der Waals surface area contributed by atoms with Gasteiger partial charge in [-0.1, -0.05) is 44.2 Å². The van der Waals surface area contributed by atoms with Crippen LogP contribution in [0.15, 0.2) is 42.5 Å². The zero-order chi connectivity index (χ0) is 17.2. The van der Waals surface area contributed by atoms with Gasteiger partial charge < -0.3 is 14.2 Å². The highest BCUT2D eigenvalue weighted by atomic mass is 16.5. The molecule has 2 aromatic rings. The van der Waals surface area contributed by atoms with Crippen LogP contribution in [-0.2, 0) is 11.3 Å². The van der Waals surface area contributed by atoms with Gasteiger partial charge in [-0.3, -0.25) is 0 Å². The number of hydrogen-bond donors (Lipinski definition) is 0. The Morgan fingerprint density at radius 2 is 1.65 bits per heavy atom. The largest absolute Gasteiger partial charge is 0.493 e. The third kappa shape index (κ3) is 4.74. The summed E-state index contributed by atoms with van der Waals surface area (Å²) in [4.78, 5) is 11.7. The Labute approximate surface area is 138 Å². The van der Waals surface area contributed by atoms with Crippen LogP contribution in [-0.4, -0.2) is 20.2 Å². The van der Waals surface area contributed by atoms with E-state index in [0.29, 0.717) is 29.2 Å². The molecule has 0 saturated carbocycles. The van der Waals surface area contributed by atoms with E-state index in [4.69, 9.17) is 14.2 Å². The Hall–Kier alpha value is -2.49. The van der Waals surface area contributed by atoms with Gasteiger partial charge >= 0.3 is 5.97 Å². The van der Waals surface area contributed by atoms with E-state index in [1.807, 2.05) is 44.2 Å². The topological polar surface area (TPSA) is 44.8 Å². The molecule has 2 aromatic carbocycles. The van der Waals surface area contributed by atoms with Gasteiger partial charge in [0, 0.05) is 5.56 Å². The summed E-state index contributed by atoms with van der Waals surface area (Å²) in [6.45, 7) is 6.24. The lowest BCUT2D eigenvalue weighted by Gasteiger charge is -2.15. The maximum atomic E-state index is 11.7. The van der Waals surface area contributed by atoms with E-state index in [-0.39, 0.29) is 5.97 Å². The van der Waals surface area contributed by atoms with Gasteiger partial charge in [0.1, 0.15) is 6.61 Å². The second kappa shape index (κ2) is 9.51. The van der Waals surface area contributed by atoms with Gasteiger partial charge in [-0.05, 0) is 24.6 Å². The molecule has 0 unspecified atom stereocenters. The first-order valence-corrected chi connectivity index (χ1v) is 7.60. The first-order chi connectivity index (χ1) is 11.2. The van der Waals surface area contributed by atoms with Crippen molar-refractivity contribution in [3.63, 3.8) is 0 Å². The van der Waals surface area contributed by atoms with Gasteiger partial charge in [0.25, 0.3) is 0 Å². The smallest absolute Gasteiger partial charge is 0.338 e. The molecule has 0 saturated heterocycles. The molecule has 124 valence electrons. The van der Waals surface area contributed by atoms with Gasteiger partial charge in [-0.2, -0.15) is 0 Å². The minimum Gasteiger partial charge on any atom is -0.493 e. The lowest BCUT2D eigenvalue weighted by atomic mass is 10.1. The fraction of sp³-hybridized carbons (Fsp3) is 0.316. The lowest BCUT2D eigenvalue weighted by Crippen LogP contribution is -2.06. The van der Waals surface area contributed by atoms with E-state index in [9.17, 15) is 4.79 Å². The monoisotopic (exact) mass is 316 g/mol. The minimum atomic E-state index is -0.389. The van der Waals surface area contributed by atoms with E-state index in [1.54, 1.807) is 26.2 Å². The molecule has 0 aliphatic heterocycles. The molecule has 0 bridgehead atoms. The van der Waals surface area contributed by atoms with Crippen molar-refractivity contribution in [2.75, 3.05) is 14.2 Å². The summed E-state index contributed by atoms with van der Waals surface area (Å²) in [5.74, 6) is 0.765. The number of esters is 1. The molecular weight excluding hydrogens is 292 g/mol. The summed E-state index contributed by atoms with van der Waals surface area (Å²) < 4.78 is 15.9. The van der Waals surface area contributed by atoms with Gasteiger partial charge in [0.15, 0.2) is 11.5 Å². The lowest BCUT2D eigenvalue weighted by molar-refractivity contribution is 0.0599. The summed E-state index contributed by atoms with van der Waals surface area (Å²) in [6.07, 6.45) is 0. The van der Waals surface area contributed by atoms with Gasteiger partial charge in [0.05, 0.1) is 19.8 Å². The maximum absolute atomic E-state index is 11.7. The molecule has 2 rings (SSSR count). The third-order valence-electron chi connectivity index (χ3n) is 3.22. The zero-order valence-electron chi connectivity index (χ0n) is 14.4. The normalized spacial score (nSPS) is 9.43. The van der Waals surface area contributed by atoms with E-state index in [0.717, 1.165) is 5.56 Å². The van der Waals surface area contributed by atoms with Crippen molar-refractivity contribution in [2.24, 2.45) is 0 Å². The van der Waals surface area contributed by atoms with Crippen molar-refractivity contribution >= 4 is 5.97 Å². The molecule has 0 aromatic heterocycles. The van der Waals surface area contributed by atoms with Crippen LogP contribution in [0, 0.1) is 6.92 Å². The second-order valence-corrected chi connectivity index (χ2v) is 4.54. The minimum absolute atomic E-state index is 0.389. The quantitative estimate of drug-likeness (QED) is 0.767. The maximum Gasteiger partial charge on any atom is 0.338 e.